The molecule has 126 valence electrons. The number of benzene rings is 3. The average Bonchev–Trinajstić information content (AvgIpc) is 2.69. The molecule has 3 nitrogen and oxygen atoms in total. The lowest BCUT2D eigenvalue weighted by Gasteiger charge is -2.05. The van der Waals surface area contributed by atoms with Gasteiger partial charge in [-0.1, -0.05) is 64.5 Å². The lowest BCUT2D eigenvalue weighted by atomic mass is 10.0. The highest BCUT2D eigenvalue weighted by atomic mass is 79.9. The first-order valence-electron chi connectivity index (χ1n) is 8.14. The van der Waals surface area contributed by atoms with Crippen LogP contribution in [0.4, 0.5) is 5.69 Å². The number of halogens is 1. The maximum atomic E-state index is 13.0. The van der Waals surface area contributed by atoms with Gasteiger partial charge in [-0.15, -0.1) is 0 Å². The summed E-state index contributed by atoms with van der Waals surface area (Å²) < 4.78 is 6.94. The van der Waals surface area contributed by atoms with E-state index in [9.17, 15) is 4.79 Å². The van der Waals surface area contributed by atoms with E-state index in [-0.39, 0.29) is 5.78 Å². The van der Waals surface area contributed by atoms with Gasteiger partial charge in [0.05, 0.1) is 11.3 Å². The number of ketones is 1. The van der Waals surface area contributed by atoms with Gasteiger partial charge in [0.1, 0.15) is 5.58 Å². The van der Waals surface area contributed by atoms with Crippen molar-refractivity contribution in [3.8, 4) is 0 Å². The molecule has 1 heterocycles. The highest BCUT2D eigenvalue weighted by molar-refractivity contribution is 9.10. The molecule has 0 fully saturated rings. The van der Waals surface area contributed by atoms with Crippen molar-refractivity contribution < 1.29 is 9.21 Å². The van der Waals surface area contributed by atoms with E-state index >= 15 is 0 Å². The van der Waals surface area contributed by atoms with E-state index in [1.165, 1.54) is 0 Å². The van der Waals surface area contributed by atoms with E-state index in [1.807, 2.05) is 72.8 Å². The van der Waals surface area contributed by atoms with Crippen molar-refractivity contribution in [1.29, 1.82) is 0 Å². The molecule has 4 rings (SSSR count). The van der Waals surface area contributed by atoms with Gasteiger partial charge in [-0.3, -0.25) is 4.79 Å². The fourth-order valence-corrected chi connectivity index (χ4v) is 2.96. The summed E-state index contributed by atoms with van der Waals surface area (Å²) in [7, 11) is 0. The maximum absolute atomic E-state index is 13.0. The molecule has 0 aliphatic rings. The fraction of sp³-hybridized carbons (Fsp3) is 0. The second-order valence-electron chi connectivity index (χ2n) is 5.79. The van der Waals surface area contributed by atoms with E-state index in [4.69, 9.17) is 4.42 Å². The SMILES string of the molecule is O=C(c1ccccc1)c1cc2ccccc2oc1=Nc1ccc(Br)cc1. The van der Waals surface area contributed by atoms with Crippen molar-refractivity contribution in [1.82, 2.24) is 0 Å². The van der Waals surface area contributed by atoms with Gasteiger partial charge in [0, 0.05) is 15.4 Å². The van der Waals surface area contributed by atoms with Gasteiger partial charge in [0.15, 0.2) is 5.78 Å². The highest BCUT2D eigenvalue weighted by Crippen LogP contribution is 2.19. The van der Waals surface area contributed by atoms with Crippen LogP contribution >= 0.6 is 15.9 Å². The zero-order valence-corrected chi connectivity index (χ0v) is 15.3. The fourth-order valence-electron chi connectivity index (χ4n) is 2.69. The van der Waals surface area contributed by atoms with Gasteiger partial charge in [0.25, 0.3) is 0 Å². The third-order valence-corrected chi connectivity index (χ3v) is 4.52. The molecule has 0 saturated carbocycles. The quantitative estimate of drug-likeness (QED) is 0.414. The van der Waals surface area contributed by atoms with Gasteiger partial charge in [-0.05, 0) is 36.4 Å². The topological polar surface area (TPSA) is 42.6 Å². The molecule has 0 radical (unpaired) electrons. The van der Waals surface area contributed by atoms with Crippen molar-refractivity contribution in [3.63, 3.8) is 0 Å². The number of carbonyl (C=O) groups is 1. The molecule has 0 N–H and O–H groups in total. The highest BCUT2D eigenvalue weighted by Gasteiger charge is 2.14. The Hall–Kier alpha value is -2.98. The minimum Gasteiger partial charge on any atom is -0.438 e. The molecule has 4 aromatic rings. The van der Waals surface area contributed by atoms with Crippen LogP contribution in [-0.4, -0.2) is 5.78 Å². The summed E-state index contributed by atoms with van der Waals surface area (Å²) >= 11 is 3.41. The first kappa shape index (κ1) is 16.5. The average molecular weight is 404 g/mol. The second-order valence-corrected chi connectivity index (χ2v) is 6.70. The van der Waals surface area contributed by atoms with Crippen LogP contribution in [0, 0.1) is 0 Å². The minimum absolute atomic E-state index is 0.115. The molecule has 0 atom stereocenters. The summed E-state index contributed by atoms with van der Waals surface area (Å²) in [5.74, 6) is -0.115. The molecule has 0 aliphatic heterocycles. The molecule has 0 spiro atoms. The van der Waals surface area contributed by atoms with E-state index < -0.39 is 0 Å². The number of nitrogens with zero attached hydrogens (tertiary/aromatic N) is 1. The van der Waals surface area contributed by atoms with Crippen LogP contribution in [0.2, 0.25) is 0 Å². The third-order valence-electron chi connectivity index (χ3n) is 3.99. The Bertz CT molecular complexity index is 1150. The van der Waals surface area contributed by atoms with Crippen molar-refractivity contribution in [2.45, 2.75) is 0 Å². The van der Waals surface area contributed by atoms with Crippen LogP contribution in [0.1, 0.15) is 15.9 Å². The van der Waals surface area contributed by atoms with E-state index in [1.54, 1.807) is 12.1 Å². The molecule has 26 heavy (non-hydrogen) atoms. The number of rotatable bonds is 3. The Balaban J connectivity index is 1.95. The van der Waals surface area contributed by atoms with Gasteiger partial charge in [-0.25, -0.2) is 4.99 Å². The Morgan fingerprint density at radius 3 is 2.31 bits per heavy atom. The van der Waals surface area contributed by atoms with E-state index in [0.717, 1.165) is 9.86 Å². The molecule has 0 bridgehead atoms. The van der Waals surface area contributed by atoms with Crippen LogP contribution in [0.15, 0.2) is 98.8 Å². The molecule has 4 heteroatoms. The number of hydrogen-bond acceptors (Lipinski definition) is 3. The second kappa shape index (κ2) is 7.10. The van der Waals surface area contributed by atoms with Crippen molar-refractivity contribution >= 4 is 38.4 Å². The van der Waals surface area contributed by atoms with Crippen molar-refractivity contribution in [2.75, 3.05) is 0 Å². The molecule has 0 unspecified atom stereocenters. The lowest BCUT2D eigenvalue weighted by Crippen LogP contribution is -2.16. The molecular formula is C22H14BrNO2. The Morgan fingerprint density at radius 1 is 0.846 bits per heavy atom. The minimum atomic E-state index is -0.115. The molecule has 0 saturated heterocycles. The molecule has 3 aromatic carbocycles. The predicted molar refractivity (Wildman–Crippen MR) is 105 cm³/mol. The van der Waals surface area contributed by atoms with E-state index in [2.05, 4.69) is 20.9 Å². The zero-order valence-electron chi connectivity index (χ0n) is 13.7. The largest absolute Gasteiger partial charge is 0.438 e. The van der Waals surface area contributed by atoms with Gasteiger partial charge < -0.3 is 4.42 Å². The monoisotopic (exact) mass is 403 g/mol. The number of fused-ring (bicyclic) bond motifs is 1. The summed E-state index contributed by atoms with van der Waals surface area (Å²) in [4.78, 5) is 17.6. The van der Waals surface area contributed by atoms with Gasteiger partial charge in [0.2, 0.25) is 5.55 Å². The van der Waals surface area contributed by atoms with E-state index in [0.29, 0.717) is 28.0 Å². The maximum Gasteiger partial charge on any atom is 0.231 e. The molecule has 0 amide bonds. The van der Waals surface area contributed by atoms with Crippen LogP contribution in [-0.2, 0) is 0 Å². The Labute approximate surface area is 158 Å². The van der Waals surface area contributed by atoms with Crippen molar-refractivity contribution in [2.24, 2.45) is 4.99 Å². The molecular weight excluding hydrogens is 390 g/mol. The number of para-hydroxylation sites is 1. The summed E-state index contributed by atoms with van der Waals surface area (Å²) in [6, 6.07) is 26.1. The zero-order chi connectivity index (χ0) is 17.9. The normalized spacial score (nSPS) is 11.7. The first-order valence-corrected chi connectivity index (χ1v) is 8.93. The summed E-state index contributed by atoms with van der Waals surface area (Å²) in [5.41, 5.74) is 2.75. The van der Waals surface area contributed by atoms with Gasteiger partial charge in [-0.2, -0.15) is 0 Å². The smallest absolute Gasteiger partial charge is 0.231 e. The van der Waals surface area contributed by atoms with Crippen molar-refractivity contribution in [3.05, 3.63) is 106 Å². The molecule has 1 aromatic heterocycles. The lowest BCUT2D eigenvalue weighted by molar-refractivity contribution is 0.103. The summed E-state index contributed by atoms with van der Waals surface area (Å²) in [6.07, 6.45) is 0. The van der Waals surface area contributed by atoms with Gasteiger partial charge >= 0.3 is 0 Å². The van der Waals surface area contributed by atoms with Crippen LogP contribution in [0.25, 0.3) is 11.0 Å². The predicted octanol–water partition coefficient (Wildman–Crippen LogP) is 5.66. The number of hydrogen-bond donors (Lipinski definition) is 0. The number of carbonyl (C=O) groups excluding carboxylic acids is 1. The third kappa shape index (κ3) is 3.37. The summed E-state index contributed by atoms with van der Waals surface area (Å²) in [6.45, 7) is 0. The van der Waals surface area contributed by atoms with Crippen LogP contribution in [0.3, 0.4) is 0 Å². The summed E-state index contributed by atoms with van der Waals surface area (Å²) in [5, 5.41) is 0.863. The first-order chi connectivity index (χ1) is 12.7. The van der Waals surface area contributed by atoms with Crippen LogP contribution < -0.4 is 5.55 Å². The molecule has 0 aliphatic carbocycles. The standard InChI is InChI=1S/C22H14BrNO2/c23-17-10-12-18(13-11-17)24-22-19(21(25)15-6-2-1-3-7-15)14-16-8-4-5-9-20(16)26-22/h1-14H. The Kier molecular flexibility index (Phi) is 4.50. The van der Waals surface area contributed by atoms with Crippen LogP contribution in [0.5, 0.6) is 0 Å². The Morgan fingerprint density at radius 2 is 1.54 bits per heavy atom.